The number of rotatable bonds is 2. The normalized spacial score (nSPS) is 26.7. The van der Waals surface area contributed by atoms with Gasteiger partial charge in [-0.15, -0.1) is 0 Å². The van der Waals surface area contributed by atoms with Crippen molar-refractivity contribution >= 4 is 0 Å². The van der Waals surface area contributed by atoms with Crippen LogP contribution >= 0.6 is 0 Å². The van der Waals surface area contributed by atoms with Crippen molar-refractivity contribution in [2.75, 3.05) is 6.61 Å². The molecular weight excluding hydrogens is 262 g/mol. The van der Waals surface area contributed by atoms with Crippen LogP contribution in [0.25, 0.3) is 0 Å². The second kappa shape index (κ2) is 6.05. The Labute approximate surface area is 127 Å². The molecule has 0 aromatic carbocycles. The minimum absolute atomic E-state index is 0.0548. The minimum Gasteiger partial charge on any atom is -0.388 e. The third kappa shape index (κ3) is 3.29. The van der Waals surface area contributed by atoms with Gasteiger partial charge in [-0.25, -0.2) is 0 Å². The third-order valence-corrected chi connectivity index (χ3v) is 5.19. The Morgan fingerprint density at radius 2 is 1.86 bits per heavy atom. The van der Waals surface area contributed by atoms with E-state index in [1.807, 2.05) is 26.0 Å². The average molecular weight is 289 g/mol. The zero-order chi connectivity index (χ0) is 14.9. The van der Waals surface area contributed by atoms with Crippen LogP contribution < -0.4 is 0 Å². The lowest BCUT2D eigenvalue weighted by Gasteiger charge is -2.44. The Hall–Kier alpha value is -0.930. The topological polar surface area (TPSA) is 42.4 Å². The number of hydrogen-bond donors (Lipinski definition) is 1. The molecule has 0 amide bonds. The van der Waals surface area contributed by atoms with Crippen molar-refractivity contribution in [3.8, 4) is 0 Å². The standard InChI is InChI=1S/C18H27NO2/c1-13-10-16(11-14(2)19-13)17(20)15-6-9-21-18(12-15)7-4-3-5-8-18/h10-11,15,17,20H,3-9,12H2,1-2H3. The quantitative estimate of drug-likeness (QED) is 0.899. The van der Waals surface area contributed by atoms with Crippen LogP contribution in [0.15, 0.2) is 12.1 Å². The molecule has 3 rings (SSSR count). The van der Waals surface area contributed by atoms with Gasteiger partial charge in [0, 0.05) is 18.0 Å². The van der Waals surface area contributed by atoms with Crippen molar-refractivity contribution in [1.82, 2.24) is 4.98 Å². The molecule has 2 unspecified atom stereocenters. The van der Waals surface area contributed by atoms with Gasteiger partial charge in [-0.2, -0.15) is 0 Å². The fourth-order valence-electron chi connectivity index (χ4n) is 4.19. The van der Waals surface area contributed by atoms with Crippen LogP contribution in [-0.4, -0.2) is 22.3 Å². The number of hydrogen-bond acceptors (Lipinski definition) is 3. The summed E-state index contributed by atoms with van der Waals surface area (Å²) < 4.78 is 6.15. The number of aliphatic hydroxyl groups is 1. The highest BCUT2D eigenvalue weighted by molar-refractivity contribution is 5.23. The Morgan fingerprint density at radius 1 is 1.19 bits per heavy atom. The fourth-order valence-corrected chi connectivity index (χ4v) is 4.19. The zero-order valence-electron chi connectivity index (χ0n) is 13.3. The summed E-state index contributed by atoms with van der Waals surface area (Å²) in [5, 5.41) is 10.8. The number of pyridine rings is 1. The summed E-state index contributed by atoms with van der Waals surface area (Å²) in [5.74, 6) is 0.318. The van der Waals surface area contributed by atoms with Crippen molar-refractivity contribution in [3.63, 3.8) is 0 Å². The van der Waals surface area contributed by atoms with E-state index in [-0.39, 0.29) is 11.7 Å². The molecule has 116 valence electrons. The molecule has 1 aliphatic carbocycles. The van der Waals surface area contributed by atoms with Crippen LogP contribution in [0.3, 0.4) is 0 Å². The smallest absolute Gasteiger partial charge is 0.0821 e. The number of aryl methyl sites for hydroxylation is 2. The molecule has 0 radical (unpaired) electrons. The first-order chi connectivity index (χ1) is 10.1. The van der Waals surface area contributed by atoms with Gasteiger partial charge >= 0.3 is 0 Å². The van der Waals surface area contributed by atoms with Gasteiger partial charge < -0.3 is 9.84 Å². The van der Waals surface area contributed by atoms with E-state index in [1.165, 1.54) is 32.1 Å². The average Bonchev–Trinajstić information content (AvgIpc) is 2.46. The molecule has 1 aliphatic heterocycles. The molecule has 3 heteroatoms. The SMILES string of the molecule is Cc1cc(C(O)C2CCOC3(CCCCC3)C2)cc(C)n1. The highest BCUT2D eigenvalue weighted by Crippen LogP contribution is 2.44. The van der Waals surface area contributed by atoms with E-state index in [4.69, 9.17) is 4.74 Å². The molecule has 2 heterocycles. The van der Waals surface area contributed by atoms with Crippen LogP contribution in [0.1, 0.15) is 68.0 Å². The van der Waals surface area contributed by atoms with Gasteiger partial charge in [0.05, 0.1) is 11.7 Å². The largest absolute Gasteiger partial charge is 0.388 e. The Morgan fingerprint density at radius 3 is 2.52 bits per heavy atom. The highest BCUT2D eigenvalue weighted by atomic mass is 16.5. The van der Waals surface area contributed by atoms with E-state index in [0.717, 1.165) is 36.4 Å². The summed E-state index contributed by atoms with van der Waals surface area (Å²) in [4.78, 5) is 4.41. The third-order valence-electron chi connectivity index (χ3n) is 5.19. The lowest BCUT2D eigenvalue weighted by Crippen LogP contribution is -2.42. The Balaban J connectivity index is 1.76. The Bertz CT molecular complexity index is 468. The van der Waals surface area contributed by atoms with Gasteiger partial charge in [-0.05, 0) is 63.1 Å². The van der Waals surface area contributed by atoms with Crippen LogP contribution in [-0.2, 0) is 4.74 Å². The molecule has 1 saturated heterocycles. The van der Waals surface area contributed by atoms with E-state index < -0.39 is 0 Å². The molecular formula is C18H27NO2. The molecule has 21 heavy (non-hydrogen) atoms. The lowest BCUT2D eigenvalue weighted by molar-refractivity contribution is -0.134. The monoisotopic (exact) mass is 289 g/mol. The molecule has 0 bridgehead atoms. The van der Waals surface area contributed by atoms with E-state index >= 15 is 0 Å². The summed E-state index contributed by atoms with van der Waals surface area (Å²) in [6, 6.07) is 4.06. The van der Waals surface area contributed by atoms with E-state index in [1.54, 1.807) is 0 Å². The first-order valence-electron chi connectivity index (χ1n) is 8.35. The number of ether oxygens (including phenoxy) is 1. The maximum atomic E-state index is 10.8. The maximum absolute atomic E-state index is 10.8. The second-order valence-electron chi connectivity index (χ2n) is 6.97. The van der Waals surface area contributed by atoms with Crippen LogP contribution in [0, 0.1) is 19.8 Å². The number of aliphatic hydroxyl groups excluding tert-OH is 1. The van der Waals surface area contributed by atoms with Crippen LogP contribution in [0.2, 0.25) is 0 Å². The van der Waals surface area contributed by atoms with Crippen LogP contribution in [0.4, 0.5) is 0 Å². The van der Waals surface area contributed by atoms with E-state index in [2.05, 4.69) is 4.98 Å². The molecule has 1 spiro atoms. The van der Waals surface area contributed by atoms with Crippen molar-refractivity contribution in [1.29, 1.82) is 0 Å². The molecule has 1 N–H and O–H groups in total. The predicted molar refractivity (Wildman–Crippen MR) is 83.2 cm³/mol. The van der Waals surface area contributed by atoms with Crippen molar-refractivity contribution in [2.45, 2.75) is 70.5 Å². The number of aromatic nitrogens is 1. The van der Waals surface area contributed by atoms with Gasteiger partial charge in [-0.1, -0.05) is 19.3 Å². The van der Waals surface area contributed by atoms with Crippen molar-refractivity contribution < 1.29 is 9.84 Å². The molecule has 3 nitrogen and oxygen atoms in total. The Kier molecular flexibility index (Phi) is 4.32. The summed E-state index contributed by atoms with van der Waals surface area (Å²) in [6.45, 7) is 4.79. The van der Waals surface area contributed by atoms with Gasteiger partial charge in [0.2, 0.25) is 0 Å². The summed E-state index contributed by atoms with van der Waals surface area (Å²) >= 11 is 0. The molecule has 2 fully saturated rings. The van der Waals surface area contributed by atoms with Gasteiger partial charge in [0.25, 0.3) is 0 Å². The first-order valence-corrected chi connectivity index (χ1v) is 8.35. The molecule has 1 aromatic heterocycles. The predicted octanol–water partition coefficient (Wildman–Crippen LogP) is 3.86. The molecule has 2 atom stereocenters. The summed E-state index contributed by atoms with van der Waals surface area (Å²) in [7, 11) is 0. The lowest BCUT2D eigenvalue weighted by atomic mass is 9.74. The minimum atomic E-state index is -0.381. The molecule has 1 saturated carbocycles. The van der Waals surface area contributed by atoms with Crippen molar-refractivity contribution in [2.24, 2.45) is 5.92 Å². The van der Waals surface area contributed by atoms with Gasteiger partial charge in [-0.3, -0.25) is 4.98 Å². The highest BCUT2D eigenvalue weighted by Gasteiger charge is 2.40. The first kappa shape index (κ1) is 15.0. The zero-order valence-corrected chi connectivity index (χ0v) is 13.3. The maximum Gasteiger partial charge on any atom is 0.0821 e. The fraction of sp³-hybridized carbons (Fsp3) is 0.722. The molecule has 2 aliphatic rings. The number of nitrogens with zero attached hydrogens (tertiary/aromatic N) is 1. The van der Waals surface area contributed by atoms with Crippen LogP contribution in [0.5, 0.6) is 0 Å². The van der Waals surface area contributed by atoms with Gasteiger partial charge in [0.1, 0.15) is 0 Å². The van der Waals surface area contributed by atoms with E-state index in [9.17, 15) is 5.11 Å². The second-order valence-corrected chi connectivity index (χ2v) is 6.97. The summed E-state index contributed by atoms with van der Waals surface area (Å²) in [5.41, 5.74) is 3.06. The van der Waals surface area contributed by atoms with Crippen molar-refractivity contribution in [3.05, 3.63) is 29.1 Å². The molecule has 1 aromatic rings. The van der Waals surface area contributed by atoms with E-state index in [0.29, 0.717) is 5.92 Å². The van der Waals surface area contributed by atoms with Gasteiger partial charge in [0.15, 0.2) is 0 Å². The summed E-state index contributed by atoms with van der Waals surface area (Å²) in [6.07, 6.45) is 7.81.